The van der Waals surface area contributed by atoms with Gasteiger partial charge in [0, 0.05) is 26.5 Å². The van der Waals surface area contributed by atoms with E-state index in [0.29, 0.717) is 6.54 Å². The molecule has 0 aliphatic rings. The maximum Gasteiger partial charge on any atom is 0.233 e. The van der Waals surface area contributed by atoms with Crippen molar-refractivity contribution in [3.05, 3.63) is 18.2 Å². The summed E-state index contributed by atoms with van der Waals surface area (Å²) in [5, 5.41) is 5.63. The lowest BCUT2D eigenvalue weighted by molar-refractivity contribution is -0.119. The first kappa shape index (κ1) is 10.7. The van der Waals surface area contributed by atoms with Gasteiger partial charge in [-0.2, -0.15) is 0 Å². The zero-order chi connectivity index (χ0) is 10.6. The monoisotopic (exact) mass is 196 g/mol. The van der Waals surface area contributed by atoms with Gasteiger partial charge in [-0.05, 0) is 6.92 Å². The number of hydrogen-bond acceptors (Lipinski definition) is 3. The highest BCUT2D eigenvalue weighted by Crippen LogP contribution is 2.07. The minimum absolute atomic E-state index is 0.0222. The van der Waals surface area contributed by atoms with E-state index in [2.05, 4.69) is 15.6 Å². The Morgan fingerprint density at radius 3 is 2.93 bits per heavy atom. The van der Waals surface area contributed by atoms with Crippen molar-refractivity contribution in [2.24, 2.45) is 7.05 Å². The second kappa shape index (κ2) is 4.76. The van der Waals surface area contributed by atoms with Crippen LogP contribution in [0.3, 0.4) is 0 Å². The van der Waals surface area contributed by atoms with Crippen LogP contribution in [0.5, 0.6) is 0 Å². The Labute approximate surface area is 83.5 Å². The van der Waals surface area contributed by atoms with Gasteiger partial charge in [0.1, 0.15) is 5.82 Å². The summed E-state index contributed by atoms with van der Waals surface area (Å²) in [5.74, 6) is 0.903. The minimum Gasteiger partial charge on any atom is -0.358 e. The van der Waals surface area contributed by atoms with Crippen LogP contribution >= 0.6 is 0 Å². The summed E-state index contributed by atoms with van der Waals surface area (Å²) < 4.78 is 1.93. The molecule has 0 bridgehead atoms. The van der Waals surface area contributed by atoms with E-state index in [4.69, 9.17) is 0 Å². The van der Waals surface area contributed by atoms with Crippen molar-refractivity contribution in [1.82, 2.24) is 20.2 Å². The number of amides is 1. The molecule has 0 aromatic carbocycles. The van der Waals surface area contributed by atoms with E-state index >= 15 is 0 Å². The molecule has 5 nitrogen and oxygen atoms in total. The number of carbonyl (C=O) groups is 1. The Balaban J connectivity index is 2.47. The molecular weight excluding hydrogens is 180 g/mol. The van der Waals surface area contributed by atoms with Crippen molar-refractivity contribution < 1.29 is 4.79 Å². The Morgan fingerprint density at radius 1 is 1.71 bits per heavy atom. The molecule has 5 heteroatoms. The van der Waals surface area contributed by atoms with Crippen LogP contribution in [0.2, 0.25) is 0 Å². The van der Waals surface area contributed by atoms with Crippen LogP contribution in [0.15, 0.2) is 12.4 Å². The first-order valence-corrected chi connectivity index (χ1v) is 4.56. The van der Waals surface area contributed by atoms with Crippen LogP contribution < -0.4 is 10.6 Å². The van der Waals surface area contributed by atoms with Crippen LogP contribution in [-0.4, -0.2) is 29.1 Å². The Morgan fingerprint density at radius 2 is 2.43 bits per heavy atom. The van der Waals surface area contributed by atoms with Gasteiger partial charge < -0.3 is 9.88 Å². The number of likely N-dealkylation sites (N-methyl/N-ethyl adjacent to an activating group) is 1. The zero-order valence-corrected chi connectivity index (χ0v) is 8.74. The summed E-state index contributed by atoms with van der Waals surface area (Å²) in [5.41, 5.74) is 0. The average molecular weight is 196 g/mol. The van der Waals surface area contributed by atoms with Crippen LogP contribution in [0.4, 0.5) is 0 Å². The van der Waals surface area contributed by atoms with Crippen LogP contribution in [0.25, 0.3) is 0 Å². The van der Waals surface area contributed by atoms with Gasteiger partial charge in [0.25, 0.3) is 0 Å². The molecule has 78 valence electrons. The van der Waals surface area contributed by atoms with Gasteiger partial charge in [-0.15, -0.1) is 0 Å². The van der Waals surface area contributed by atoms with Gasteiger partial charge >= 0.3 is 0 Å². The molecule has 1 amide bonds. The molecule has 0 aliphatic carbocycles. The van der Waals surface area contributed by atoms with Crippen molar-refractivity contribution >= 4 is 5.91 Å². The molecule has 1 unspecified atom stereocenters. The van der Waals surface area contributed by atoms with Gasteiger partial charge in [-0.25, -0.2) is 4.98 Å². The topological polar surface area (TPSA) is 59.0 Å². The summed E-state index contributed by atoms with van der Waals surface area (Å²) in [6.07, 6.45) is 3.63. The molecule has 1 rings (SSSR count). The molecule has 0 saturated carbocycles. The largest absolute Gasteiger partial charge is 0.358 e. The number of aryl methyl sites for hydroxylation is 1. The molecule has 14 heavy (non-hydrogen) atoms. The number of hydrogen-bond donors (Lipinski definition) is 2. The molecule has 1 atom stereocenters. The van der Waals surface area contributed by atoms with E-state index in [1.165, 1.54) is 0 Å². The zero-order valence-electron chi connectivity index (χ0n) is 8.74. The lowest BCUT2D eigenvalue weighted by atomic mass is 10.3. The highest BCUT2D eigenvalue weighted by molar-refractivity contribution is 5.77. The van der Waals surface area contributed by atoms with Gasteiger partial charge in [0.2, 0.25) is 5.91 Å². The van der Waals surface area contributed by atoms with E-state index in [1.807, 2.05) is 24.7 Å². The predicted molar refractivity (Wildman–Crippen MR) is 53.7 cm³/mol. The summed E-state index contributed by atoms with van der Waals surface area (Å²) in [7, 11) is 3.55. The van der Waals surface area contributed by atoms with Gasteiger partial charge in [0.15, 0.2) is 0 Å². The third-order valence-corrected chi connectivity index (χ3v) is 2.09. The SMILES string of the molecule is CNC(=O)CNC(C)c1nccn1C. The van der Waals surface area contributed by atoms with E-state index in [1.54, 1.807) is 13.2 Å². The van der Waals surface area contributed by atoms with E-state index in [0.717, 1.165) is 5.82 Å². The fourth-order valence-corrected chi connectivity index (χ4v) is 1.22. The third kappa shape index (κ3) is 2.56. The van der Waals surface area contributed by atoms with E-state index < -0.39 is 0 Å². The number of imidazole rings is 1. The smallest absolute Gasteiger partial charge is 0.233 e. The maximum absolute atomic E-state index is 11.0. The van der Waals surface area contributed by atoms with Crippen molar-refractivity contribution in [2.75, 3.05) is 13.6 Å². The van der Waals surface area contributed by atoms with Crippen molar-refractivity contribution in [3.8, 4) is 0 Å². The van der Waals surface area contributed by atoms with Crippen LogP contribution in [0, 0.1) is 0 Å². The first-order chi connectivity index (χ1) is 6.65. The lowest BCUT2D eigenvalue weighted by Gasteiger charge is -2.12. The third-order valence-electron chi connectivity index (χ3n) is 2.09. The standard InChI is InChI=1S/C9H16N4O/c1-7(12-6-8(14)10-2)9-11-4-5-13(9)3/h4-5,7,12H,6H2,1-3H3,(H,10,14). The number of nitrogens with zero attached hydrogens (tertiary/aromatic N) is 2. The minimum atomic E-state index is -0.0222. The predicted octanol–water partition coefficient (Wildman–Crippen LogP) is -0.183. The summed E-state index contributed by atoms with van der Waals surface area (Å²) >= 11 is 0. The molecule has 0 fully saturated rings. The van der Waals surface area contributed by atoms with Gasteiger partial charge in [-0.1, -0.05) is 0 Å². The second-order valence-corrected chi connectivity index (χ2v) is 3.17. The van der Waals surface area contributed by atoms with Gasteiger partial charge in [0.05, 0.1) is 12.6 Å². The van der Waals surface area contributed by atoms with Crippen molar-refractivity contribution in [1.29, 1.82) is 0 Å². The first-order valence-electron chi connectivity index (χ1n) is 4.56. The Kier molecular flexibility index (Phi) is 3.64. The van der Waals surface area contributed by atoms with Crippen molar-refractivity contribution in [2.45, 2.75) is 13.0 Å². The number of nitrogens with one attached hydrogen (secondary N) is 2. The van der Waals surface area contributed by atoms with Crippen molar-refractivity contribution in [3.63, 3.8) is 0 Å². The fraction of sp³-hybridized carbons (Fsp3) is 0.556. The number of carbonyl (C=O) groups excluding carboxylic acids is 1. The number of aromatic nitrogens is 2. The van der Waals surface area contributed by atoms with Crippen LogP contribution in [-0.2, 0) is 11.8 Å². The highest BCUT2D eigenvalue weighted by atomic mass is 16.1. The maximum atomic E-state index is 11.0. The molecule has 1 aromatic heterocycles. The number of rotatable bonds is 4. The summed E-state index contributed by atoms with van der Waals surface area (Å²) in [4.78, 5) is 15.2. The van der Waals surface area contributed by atoms with Gasteiger partial charge in [-0.3, -0.25) is 10.1 Å². The highest BCUT2D eigenvalue weighted by Gasteiger charge is 2.10. The molecule has 1 heterocycles. The summed E-state index contributed by atoms with van der Waals surface area (Å²) in [6.45, 7) is 2.29. The summed E-state index contributed by atoms with van der Waals surface area (Å²) in [6, 6.07) is 0.0762. The Bertz CT molecular complexity index is 308. The molecule has 1 aromatic rings. The molecule has 0 aliphatic heterocycles. The molecule has 2 N–H and O–H groups in total. The average Bonchev–Trinajstić information content (AvgIpc) is 2.60. The molecule has 0 spiro atoms. The molecule has 0 saturated heterocycles. The van der Waals surface area contributed by atoms with E-state index in [-0.39, 0.29) is 11.9 Å². The molecule has 0 radical (unpaired) electrons. The normalized spacial score (nSPS) is 12.5. The van der Waals surface area contributed by atoms with E-state index in [9.17, 15) is 4.79 Å². The van der Waals surface area contributed by atoms with Crippen LogP contribution in [0.1, 0.15) is 18.8 Å². The lowest BCUT2D eigenvalue weighted by Crippen LogP contribution is -2.33. The molecular formula is C9H16N4O. The quantitative estimate of drug-likeness (QED) is 0.702. The fourth-order valence-electron chi connectivity index (χ4n) is 1.22. The second-order valence-electron chi connectivity index (χ2n) is 3.17. The Hall–Kier alpha value is -1.36.